The second-order valence-corrected chi connectivity index (χ2v) is 6.72. The summed E-state index contributed by atoms with van der Waals surface area (Å²) < 4.78 is 39.5. The van der Waals surface area contributed by atoms with Crippen molar-refractivity contribution in [3.05, 3.63) is 40.8 Å². The van der Waals surface area contributed by atoms with Crippen LogP contribution in [0.25, 0.3) is 5.82 Å². The fourth-order valence-electron chi connectivity index (χ4n) is 3.41. The number of carboxylic acids is 1. The molecule has 0 radical (unpaired) electrons. The molecule has 1 saturated heterocycles. The Kier molecular flexibility index (Phi) is 5.14. The number of hydrogen-bond donors (Lipinski definition) is 1. The standard InChI is InChI=1S/C18H19F3N4O3/c1-10-13(8-16(26)24-7-3-4-14(24)17(27)28)11(2)25(23-10)15-6-5-12(9-22-15)18(19,20)21/h5-6,9,14H,3-4,7-8H2,1-2H3,(H,27,28)/t14-/m0/s1. The van der Waals surface area contributed by atoms with Gasteiger partial charge >= 0.3 is 12.1 Å². The lowest BCUT2D eigenvalue weighted by Gasteiger charge is -2.21. The predicted octanol–water partition coefficient (Wildman–Crippen LogP) is 2.52. The number of rotatable bonds is 4. The SMILES string of the molecule is Cc1nn(-c2ccc(C(F)(F)F)cn2)c(C)c1CC(=O)N1CCC[C@H]1C(=O)O. The zero-order valence-corrected chi connectivity index (χ0v) is 15.3. The van der Waals surface area contributed by atoms with Crippen molar-refractivity contribution in [1.82, 2.24) is 19.7 Å². The molecular formula is C18H19F3N4O3. The second-order valence-electron chi connectivity index (χ2n) is 6.72. The fraction of sp³-hybridized carbons (Fsp3) is 0.444. The normalized spacial score (nSPS) is 17.2. The van der Waals surface area contributed by atoms with Gasteiger partial charge in [-0.3, -0.25) is 4.79 Å². The summed E-state index contributed by atoms with van der Waals surface area (Å²) in [5.74, 6) is -1.13. The number of aliphatic carboxylic acids is 1. The van der Waals surface area contributed by atoms with Crippen molar-refractivity contribution in [2.75, 3.05) is 6.54 Å². The van der Waals surface area contributed by atoms with Crippen molar-refractivity contribution in [3.63, 3.8) is 0 Å². The number of hydrogen-bond acceptors (Lipinski definition) is 4. The summed E-state index contributed by atoms with van der Waals surface area (Å²) in [5, 5.41) is 13.5. The third kappa shape index (κ3) is 3.71. The summed E-state index contributed by atoms with van der Waals surface area (Å²) in [6.45, 7) is 3.78. The van der Waals surface area contributed by atoms with E-state index in [0.29, 0.717) is 36.3 Å². The van der Waals surface area contributed by atoms with E-state index in [4.69, 9.17) is 0 Å². The lowest BCUT2D eigenvalue weighted by atomic mass is 10.1. The van der Waals surface area contributed by atoms with E-state index in [9.17, 15) is 27.9 Å². The van der Waals surface area contributed by atoms with Crippen molar-refractivity contribution in [2.45, 2.75) is 45.3 Å². The van der Waals surface area contributed by atoms with E-state index in [1.54, 1.807) is 13.8 Å². The van der Waals surface area contributed by atoms with Crippen LogP contribution < -0.4 is 0 Å². The van der Waals surface area contributed by atoms with Gasteiger partial charge < -0.3 is 10.0 Å². The Labute approximate surface area is 158 Å². The van der Waals surface area contributed by atoms with E-state index in [-0.39, 0.29) is 18.1 Å². The molecule has 2 aromatic heterocycles. The Bertz CT molecular complexity index is 906. The Morgan fingerprint density at radius 3 is 2.57 bits per heavy atom. The molecule has 28 heavy (non-hydrogen) atoms. The van der Waals surface area contributed by atoms with E-state index in [2.05, 4.69) is 10.1 Å². The minimum absolute atomic E-state index is 0.0257. The van der Waals surface area contributed by atoms with Crippen LogP contribution in [0.2, 0.25) is 0 Å². The van der Waals surface area contributed by atoms with Crippen LogP contribution >= 0.6 is 0 Å². The highest BCUT2D eigenvalue weighted by atomic mass is 19.4. The smallest absolute Gasteiger partial charge is 0.417 e. The minimum atomic E-state index is -4.48. The van der Waals surface area contributed by atoms with Gasteiger partial charge in [-0.15, -0.1) is 0 Å². The summed E-state index contributed by atoms with van der Waals surface area (Å²) in [6.07, 6.45) is -2.71. The highest BCUT2D eigenvalue weighted by Gasteiger charge is 2.34. The third-order valence-corrected chi connectivity index (χ3v) is 4.92. The van der Waals surface area contributed by atoms with Crippen LogP contribution in [0.3, 0.4) is 0 Å². The average Bonchev–Trinajstić information content (AvgIpc) is 3.22. The zero-order valence-electron chi connectivity index (χ0n) is 15.3. The Hall–Kier alpha value is -2.91. The molecule has 2 aromatic rings. The molecular weight excluding hydrogens is 377 g/mol. The quantitative estimate of drug-likeness (QED) is 0.858. The van der Waals surface area contributed by atoms with Gasteiger partial charge in [-0.05, 0) is 38.8 Å². The Morgan fingerprint density at radius 2 is 2.00 bits per heavy atom. The van der Waals surface area contributed by atoms with Gasteiger partial charge in [0.15, 0.2) is 5.82 Å². The largest absolute Gasteiger partial charge is 0.480 e. The van der Waals surface area contributed by atoms with Crippen molar-refractivity contribution >= 4 is 11.9 Å². The number of carbonyl (C=O) groups is 2. The van der Waals surface area contributed by atoms with E-state index in [1.165, 1.54) is 15.6 Å². The molecule has 3 heterocycles. The number of pyridine rings is 1. The maximum absolute atomic E-state index is 12.7. The van der Waals surface area contributed by atoms with Crippen molar-refractivity contribution < 1.29 is 27.9 Å². The van der Waals surface area contributed by atoms with Crippen LogP contribution in [0.4, 0.5) is 13.2 Å². The molecule has 150 valence electrons. The zero-order chi connectivity index (χ0) is 20.6. The highest BCUT2D eigenvalue weighted by molar-refractivity contribution is 5.85. The first-order chi connectivity index (χ1) is 13.1. The molecule has 1 N–H and O–H groups in total. The van der Waals surface area contributed by atoms with Gasteiger partial charge in [0.05, 0.1) is 17.7 Å². The number of likely N-dealkylation sites (tertiary alicyclic amines) is 1. The average molecular weight is 396 g/mol. The maximum Gasteiger partial charge on any atom is 0.417 e. The van der Waals surface area contributed by atoms with Crippen LogP contribution in [0, 0.1) is 13.8 Å². The molecule has 0 aromatic carbocycles. The lowest BCUT2D eigenvalue weighted by molar-refractivity contribution is -0.148. The number of nitrogens with zero attached hydrogens (tertiary/aromatic N) is 4. The summed E-state index contributed by atoms with van der Waals surface area (Å²) in [5.41, 5.74) is 0.868. The van der Waals surface area contributed by atoms with Crippen molar-refractivity contribution in [3.8, 4) is 5.82 Å². The van der Waals surface area contributed by atoms with Gasteiger partial charge in [0.2, 0.25) is 5.91 Å². The molecule has 0 spiro atoms. The predicted molar refractivity (Wildman–Crippen MR) is 91.9 cm³/mol. The summed E-state index contributed by atoms with van der Waals surface area (Å²) in [6, 6.07) is 1.32. The first-order valence-electron chi connectivity index (χ1n) is 8.70. The molecule has 10 heteroatoms. The fourth-order valence-corrected chi connectivity index (χ4v) is 3.41. The van der Waals surface area contributed by atoms with Crippen LogP contribution in [0.1, 0.15) is 35.4 Å². The molecule has 0 aliphatic carbocycles. The number of aromatic nitrogens is 3. The molecule has 1 atom stereocenters. The maximum atomic E-state index is 12.7. The minimum Gasteiger partial charge on any atom is -0.480 e. The van der Waals surface area contributed by atoms with E-state index < -0.39 is 23.8 Å². The molecule has 7 nitrogen and oxygen atoms in total. The van der Waals surface area contributed by atoms with E-state index in [0.717, 1.165) is 12.3 Å². The number of carbonyl (C=O) groups excluding carboxylic acids is 1. The molecule has 1 aliphatic heterocycles. The van der Waals surface area contributed by atoms with Gasteiger partial charge in [0, 0.05) is 24.0 Å². The molecule has 1 fully saturated rings. The summed E-state index contributed by atoms with van der Waals surface area (Å²) >= 11 is 0. The van der Waals surface area contributed by atoms with E-state index >= 15 is 0 Å². The molecule has 1 amide bonds. The summed E-state index contributed by atoms with van der Waals surface area (Å²) in [7, 11) is 0. The Morgan fingerprint density at radius 1 is 1.29 bits per heavy atom. The third-order valence-electron chi connectivity index (χ3n) is 4.92. The number of alkyl halides is 3. The number of aryl methyl sites for hydroxylation is 1. The van der Waals surface area contributed by atoms with Gasteiger partial charge in [0.1, 0.15) is 6.04 Å². The van der Waals surface area contributed by atoms with Crippen LogP contribution in [-0.4, -0.2) is 49.2 Å². The van der Waals surface area contributed by atoms with Gasteiger partial charge in [0.25, 0.3) is 0 Å². The summed E-state index contributed by atoms with van der Waals surface area (Å²) in [4.78, 5) is 29.1. The number of amides is 1. The van der Waals surface area contributed by atoms with Gasteiger partial charge in [-0.2, -0.15) is 18.3 Å². The van der Waals surface area contributed by atoms with Crippen molar-refractivity contribution in [1.29, 1.82) is 0 Å². The molecule has 0 unspecified atom stereocenters. The van der Waals surface area contributed by atoms with E-state index in [1.807, 2.05) is 0 Å². The van der Waals surface area contributed by atoms with Crippen LogP contribution in [0.5, 0.6) is 0 Å². The Balaban J connectivity index is 1.84. The van der Waals surface area contributed by atoms with Crippen LogP contribution in [-0.2, 0) is 22.2 Å². The molecule has 0 saturated carbocycles. The number of halogens is 3. The lowest BCUT2D eigenvalue weighted by Crippen LogP contribution is -2.41. The monoisotopic (exact) mass is 396 g/mol. The van der Waals surface area contributed by atoms with Crippen LogP contribution in [0.15, 0.2) is 18.3 Å². The van der Waals surface area contributed by atoms with Gasteiger partial charge in [-0.1, -0.05) is 0 Å². The topological polar surface area (TPSA) is 88.3 Å². The first kappa shape index (κ1) is 19.8. The molecule has 0 bridgehead atoms. The number of carboxylic acid groups (broad SMARTS) is 1. The first-order valence-corrected chi connectivity index (χ1v) is 8.70. The highest BCUT2D eigenvalue weighted by Crippen LogP contribution is 2.29. The second kappa shape index (κ2) is 7.25. The van der Waals surface area contributed by atoms with Gasteiger partial charge in [-0.25, -0.2) is 14.5 Å². The molecule has 1 aliphatic rings. The molecule has 3 rings (SSSR count). The van der Waals surface area contributed by atoms with Crippen molar-refractivity contribution in [2.24, 2.45) is 0 Å².